The minimum absolute atomic E-state index is 0.256. The maximum atomic E-state index is 9.88. The SMILES string of the molecule is CC(C)c1ccc(N=C2CC[C@H]3[C@@H]4CCc5cc(O)ccc5[C@H]4CC[C@]23C)cc1. The number of fused-ring (bicyclic) bond motifs is 5. The molecule has 2 fully saturated rings. The fourth-order valence-electron chi connectivity index (χ4n) is 6.63. The number of aliphatic imine (C=N–C) groups is 1. The van der Waals surface area contributed by atoms with Gasteiger partial charge in [0, 0.05) is 11.1 Å². The number of benzene rings is 2. The summed E-state index contributed by atoms with van der Waals surface area (Å²) in [7, 11) is 0. The Morgan fingerprint density at radius 3 is 2.55 bits per heavy atom. The molecule has 3 aliphatic rings. The first kappa shape index (κ1) is 18.9. The topological polar surface area (TPSA) is 32.6 Å². The Labute approximate surface area is 175 Å². The van der Waals surface area contributed by atoms with Gasteiger partial charge in [0.25, 0.3) is 0 Å². The standard InChI is InChI=1S/C27H33NO/c1-17(2)18-4-7-20(8-5-18)28-26-13-12-25-24-10-6-19-16-21(29)9-11-22(19)23(24)14-15-27(25,26)3/h4-5,7-9,11,16-17,23-25,29H,6,10,12-15H2,1-3H3/t23-,24-,25+,27+/m1/s1. The van der Waals surface area contributed by atoms with Crippen molar-refractivity contribution in [2.24, 2.45) is 22.2 Å². The van der Waals surface area contributed by atoms with Crippen molar-refractivity contribution in [3.05, 3.63) is 59.2 Å². The first-order valence-electron chi connectivity index (χ1n) is 11.5. The van der Waals surface area contributed by atoms with Gasteiger partial charge < -0.3 is 5.11 Å². The Morgan fingerprint density at radius 1 is 1.00 bits per heavy atom. The van der Waals surface area contributed by atoms with Crippen LogP contribution in [0.15, 0.2) is 47.5 Å². The number of nitrogens with zero attached hydrogens (tertiary/aromatic N) is 1. The largest absolute Gasteiger partial charge is 0.508 e. The van der Waals surface area contributed by atoms with Gasteiger partial charge in [-0.25, -0.2) is 0 Å². The predicted molar refractivity (Wildman–Crippen MR) is 120 cm³/mol. The normalized spacial score (nSPS) is 32.1. The fraction of sp³-hybridized carbons (Fsp3) is 0.519. The lowest BCUT2D eigenvalue weighted by molar-refractivity contribution is 0.0956. The highest BCUT2D eigenvalue weighted by Gasteiger charge is 2.53. The monoisotopic (exact) mass is 387 g/mol. The number of phenols is 1. The number of aryl methyl sites for hydroxylation is 1. The maximum Gasteiger partial charge on any atom is 0.115 e. The van der Waals surface area contributed by atoms with Gasteiger partial charge in [-0.3, -0.25) is 4.99 Å². The summed E-state index contributed by atoms with van der Waals surface area (Å²) in [6.45, 7) is 6.98. The molecule has 3 aliphatic carbocycles. The molecule has 0 unspecified atom stereocenters. The molecule has 2 saturated carbocycles. The Morgan fingerprint density at radius 2 is 1.79 bits per heavy atom. The Kier molecular flexibility index (Phi) is 4.57. The smallest absolute Gasteiger partial charge is 0.115 e. The van der Waals surface area contributed by atoms with E-state index in [-0.39, 0.29) is 5.41 Å². The van der Waals surface area contributed by atoms with E-state index in [4.69, 9.17) is 4.99 Å². The molecule has 2 heteroatoms. The van der Waals surface area contributed by atoms with E-state index in [0.29, 0.717) is 17.6 Å². The van der Waals surface area contributed by atoms with Crippen molar-refractivity contribution in [3.8, 4) is 5.75 Å². The first-order valence-corrected chi connectivity index (χ1v) is 11.5. The zero-order chi connectivity index (χ0) is 20.2. The van der Waals surface area contributed by atoms with Crippen LogP contribution in [0.3, 0.4) is 0 Å². The number of hydrogen-bond acceptors (Lipinski definition) is 2. The van der Waals surface area contributed by atoms with Gasteiger partial charge in [-0.2, -0.15) is 0 Å². The molecule has 0 radical (unpaired) electrons. The highest BCUT2D eigenvalue weighted by Crippen LogP contribution is 2.60. The highest BCUT2D eigenvalue weighted by molar-refractivity contribution is 5.94. The molecule has 2 aromatic rings. The minimum Gasteiger partial charge on any atom is -0.508 e. The summed E-state index contributed by atoms with van der Waals surface area (Å²) in [4.78, 5) is 5.19. The van der Waals surface area contributed by atoms with Crippen molar-refractivity contribution in [1.29, 1.82) is 0 Å². The molecule has 0 aromatic heterocycles. The van der Waals surface area contributed by atoms with Crippen LogP contribution in [0.4, 0.5) is 5.69 Å². The van der Waals surface area contributed by atoms with Crippen molar-refractivity contribution in [2.75, 3.05) is 0 Å². The van der Waals surface area contributed by atoms with E-state index in [0.717, 1.165) is 30.4 Å². The van der Waals surface area contributed by atoms with Gasteiger partial charge in [0.1, 0.15) is 5.75 Å². The number of aromatic hydroxyl groups is 1. The van der Waals surface area contributed by atoms with E-state index in [1.54, 1.807) is 0 Å². The summed E-state index contributed by atoms with van der Waals surface area (Å²) in [5.74, 6) is 3.17. The highest BCUT2D eigenvalue weighted by atomic mass is 16.3. The molecule has 2 aromatic carbocycles. The molecular weight excluding hydrogens is 354 g/mol. The van der Waals surface area contributed by atoms with Gasteiger partial charge in [-0.15, -0.1) is 0 Å². The van der Waals surface area contributed by atoms with Crippen LogP contribution in [-0.2, 0) is 6.42 Å². The van der Waals surface area contributed by atoms with Gasteiger partial charge in [0.05, 0.1) is 5.69 Å². The molecule has 0 aliphatic heterocycles. The van der Waals surface area contributed by atoms with Gasteiger partial charge in [-0.1, -0.05) is 39.0 Å². The third-order valence-corrected chi connectivity index (χ3v) is 8.27. The zero-order valence-electron chi connectivity index (χ0n) is 18.0. The average molecular weight is 388 g/mol. The van der Waals surface area contributed by atoms with Crippen molar-refractivity contribution in [3.63, 3.8) is 0 Å². The van der Waals surface area contributed by atoms with E-state index in [9.17, 15) is 5.11 Å². The predicted octanol–water partition coefficient (Wildman–Crippen LogP) is 7.14. The molecular formula is C27H33NO. The molecule has 0 spiro atoms. The summed E-state index contributed by atoms with van der Waals surface area (Å²) in [6, 6.07) is 15.0. The van der Waals surface area contributed by atoms with Crippen molar-refractivity contribution < 1.29 is 5.11 Å². The van der Waals surface area contributed by atoms with E-state index < -0.39 is 0 Å². The van der Waals surface area contributed by atoms with Crippen LogP contribution in [0, 0.1) is 17.3 Å². The van der Waals surface area contributed by atoms with Crippen LogP contribution in [-0.4, -0.2) is 10.8 Å². The lowest BCUT2D eigenvalue weighted by atomic mass is 9.55. The van der Waals surface area contributed by atoms with Crippen LogP contribution < -0.4 is 0 Å². The van der Waals surface area contributed by atoms with Crippen LogP contribution in [0.2, 0.25) is 0 Å². The van der Waals surface area contributed by atoms with E-state index in [1.807, 2.05) is 12.1 Å². The van der Waals surface area contributed by atoms with Gasteiger partial charge in [0.15, 0.2) is 0 Å². The van der Waals surface area contributed by atoms with Crippen LogP contribution in [0.1, 0.15) is 81.4 Å². The van der Waals surface area contributed by atoms with Crippen molar-refractivity contribution in [1.82, 2.24) is 0 Å². The first-order chi connectivity index (χ1) is 14.0. The summed E-state index contributed by atoms with van der Waals surface area (Å²) in [6.07, 6.45) is 7.30. The van der Waals surface area contributed by atoms with Gasteiger partial charge in [-0.05, 0) is 103 Å². The molecule has 5 rings (SSSR count). The van der Waals surface area contributed by atoms with Crippen LogP contribution >= 0.6 is 0 Å². The maximum absolute atomic E-state index is 9.88. The summed E-state index contributed by atoms with van der Waals surface area (Å²) in [5.41, 5.74) is 7.10. The third-order valence-electron chi connectivity index (χ3n) is 8.27. The second-order valence-electron chi connectivity index (χ2n) is 10.1. The van der Waals surface area contributed by atoms with Crippen molar-refractivity contribution in [2.45, 2.75) is 71.1 Å². The summed E-state index contributed by atoms with van der Waals surface area (Å²) in [5, 5.41) is 9.88. The Hall–Kier alpha value is -2.09. The number of phenolic OH excluding ortho intramolecular Hbond substituents is 1. The molecule has 2 nitrogen and oxygen atoms in total. The molecule has 4 atom stereocenters. The molecule has 0 heterocycles. The summed E-state index contributed by atoms with van der Waals surface area (Å²) >= 11 is 0. The Balaban J connectivity index is 1.42. The average Bonchev–Trinajstić information content (AvgIpc) is 3.04. The number of rotatable bonds is 2. The van der Waals surface area contributed by atoms with E-state index in [2.05, 4.69) is 51.1 Å². The second kappa shape index (κ2) is 7.00. The molecule has 0 saturated heterocycles. The van der Waals surface area contributed by atoms with E-state index in [1.165, 1.54) is 48.1 Å². The lowest BCUT2D eigenvalue weighted by Gasteiger charge is -2.49. The molecule has 1 N–H and O–H groups in total. The van der Waals surface area contributed by atoms with Gasteiger partial charge in [0.2, 0.25) is 0 Å². The molecule has 0 bridgehead atoms. The van der Waals surface area contributed by atoms with Gasteiger partial charge >= 0.3 is 0 Å². The Bertz CT molecular complexity index is 942. The van der Waals surface area contributed by atoms with E-state index >= 15 is 0 Å². The van der Waals surface area contributed by atoms with Crippen LogP contribution in [0.25, 0.3) is 0 Å². The van der Waals surface area contributed by atoms with Crippen LogP contribution in [0.5, 0.6) is 5.75 Å². The van der Waals surface area contributed by atoms with Crippen molar-refractivity contribution >= 4 is 11.4 Å². The summed E-state index contributed by atoms with van der Waals surface area (Å²) < 4.78 is 0. The lowest BCUT2D eigenvalue weighted by Crippen LogP contribution is -2.42. The third kappa shape index (κ3) is 3.12. The molecule has 152 valence electrons. The number of hydrogen-bond donors (Lipinski definition) is 1. The quantitative estimate of drug-likeness (QED) is 0.583. The molecule has 29 heavy (non-hydrogen) atoms. The zero-order valence-corrected chi connectivity index (χ0v) is 18.0. The molecule has 0 amide bonds. The second-order valence-corrected chi connectivity index (χ2v) is 10.1. The fourth-order valence-corrected chi connectivity index (χ4v) is 6.63. The minimum atomic E-state index is 0.256.